The normalized spacial score (nSPS) is 13.3. The van der Waals surface area contributed by atoms with E-state index in [4.69, 9.17) is 0 Å². The summed E-state index contributed by atoms with van der Waals surface area (Å²) in [6, 6.07) is 15.6. The van der Waals surface area contributed by atoms with Crippen LogP contribution in [-0.4, -0.2) is 21.6 Å². The van der Waals surface area contributed by atoms with Gasteiger partial charge in [-0.3, -0.25) is 14.3 Å². The largest absolute Gasteiger partial charge is 0.326 e. The minimum Gasteiger partial charge on any atom is -0.326 e. The molecular weight excluding hydrogens is 400 g/mol. The van der Waals surface area contributed by atoms with Gasteiger partial charge in [0.2, 0.25) is 11.8 Å². The lowest BCUT2D eigenvalue weighted by atomic mass is 10.1. The first kappa shape index (κ1) is 21.6. The van der Waals surface area contributed by atoms with Gasteiger partial charge in [0.1, 0.15) is 0 Å². The maximum Gasteiger partial charge on any atom is 0.248 e. The molecule has 1 fully saturated rings. The van der Waals surface area contributed by atoms with Gasteiger partial charge in [0.05, 0.1) is 12.2 Å². The summed E-state index contributed by atoms with van der Waals surface area (Å²) < 4.78 is 1.96. The Labute approximate surface area is 188 Å². The summed E-state index contributed by atoms with van der Waals surface area (Å²) in [5.74, 6) is 0.0101. The molecule has 0 bridgehead atoms. The van der Waals surface area contributed by atoms with Crippen LogP contribution in [0.3, 0.4) is 0 Å². The minimum atomic E-state index is -0.218. The molecule has 2 N–H and O–H groups in total. The van der Waals surface area contributed by atoms with Crippen molar-refractivity contribution in [1.82, 2.24) is 9.78 Å². The van der Waals surface area contributed by atoms with Gasteiger partial charge in [-0.2, -0.15) is 5.10 Å². The first-order valence-electron chi connectivity index (χ1n) is 10.9. The SMILES string of the molecule is Cc1ccc(Cn2nc(C)c(/C=C/C(=O)Nc3ccc(NC(=O)C4CC4)cc3)c2C)cc1. The Hall–Kier alpha value is -3.67. The van der Waals surface area contributed by atoms with E-state index < -0.39 is 0 Å². The van der Waals surface area contributed by atoms with Crippen molar-refractivity contribution in [3.8, 4) is 0 Å². The van der Waals surface area contributed by atoms with Gasteiger partial charge in [0.25, 0.3) is 0 Å². The third-order valence-electron chi connectivity index (χ3n) is 5.66. The molecule has 3 aromatic rings. The topological polar surface area (TPSA) is 76.0 Å². The second-order valence-corrected chi connectivity index (χ2v) is 8.39. The van der Waals surface area contributed by atoms with E-state index in [0.717, 1.165) is 35.5 Å². The van der Waals surface area contributed by atoms with Crippen LogP contribution >= 0.6 is 0 Å². The molecule has 2 amide bonds. The molecule has 6 heteroatoms. The standard InChI is InChI=1S/C26H28N4O2/c1-17-4-6-20(7-5-17)16-30-19(3)24(18(2)29-30)14-15-25(31)27-22-10-12-23(13-11-22)28-26(32)21-8-9-21/h4-7,10-15,21H,8-9,16H2,1-3H3,(H,27,31)(H,28,32)/b15-14+. The average Bonchev–Trinajstić information content (AvgIpc) is 3.58. The van der Waals surface area contributed by atoms with Gasteiger partial charge in [-0.05, 0) is 69.5 Å². The zero-order valence-electron chi connectivity index (χ0n) is 18.7. The minimum absolute atomic E-state index is 0.0679. The summed E-state index contributed by atoms with van der Waals surface area (Å²) in [7, 11) is 0. The van der Waals surface area contributed by atoms with E-state index in [9.17, 15) is 9.59 Å². The third-order valence-corrected chi connectivity index (χ3v) is 5.66. The maximum absolute atomic E-state index is 12.4. The summed E-state index contributed by atoms with van der Waals surface area (Å²) in [5.41, 5.74) is 6.68. The molecule has 1 aliphatic carbocycles. The fraction of sp³-hybridized carbons (Fsp3) is 0.269. The van der Waals surface area contributed by atoms with Crippen LogP contribution in [0.4, 0.5) is 11.4 Å². The van der Waals surface area contributed by atoms with Crippen LogP contribution in [0.2, 0.25) is 0 Å². The van der Waals surface area contributed by atoms with E-state index in [1.54, 1.807) is 24.3 Å². The highest BCUT2D eigenvalue weighted by Crippen LogP contribution is 2.30. The van der Waals surface area contributed by atoms with Crippen LogP contribution < -0.4 is 10.6 Å². The van der Waals surface area contributed by atoms with E-state index in [-0.39, 0.29) is 17.7 Å². The van der Waals surface area contributed by atoms with Crippen LogP contribution in [0.15, 0.2) is 54.6 Å². The van der Waals surface area contributed by atoms with Gasteiger partial charge < -0.3 is 10.6 Å². The van der Waals surface area contributed by atoms with Crippen LogP contribution in [0.5, 0.6) is 0 Å². The van der Waals surface area contributed by atoms with Crippen molar-refractivity contribution >= 4 is 29.3 Å². The summed E-state index contributed by atoms with van der Waals surface area (Å²) in [5, 5.41) is 10.4. The molecular formula is C26H28N4O2. The number of nitrogens with one attached hydrogen (secondary N) is 2. The quantitative estimate of drug-likeness (QED) is 0.528. The Morgan fingerprint density at radius 3 is 2.22 bits per heavy atom. The van der Waals surface area contributed by atoms with Crippen molar-refractivity contribution in [3.63, 3.8) is 0 Å². The first-order chi connectivity index (χ1) is 15.4. The zero-order valence-corrected chi connectivity index (χ0v) is 18.7. The first-order valence-corrected chi connectivity index (χ1v) is 10.9. The molecule has 0 radical (unpaired) electrons. The van der Waals surface area contributed by atoms with Gasteiger partial charge in [0, 0.05) is 34.6 Å². The molecule has 6 nitrogen and oxygen atoms in total. The second-order valence-electron chi connectivity index (χ2n) is 8.39. The van der Waals surface area contributed by atoms with Crippen LogP contribution in [-0.2, 0) is 16.1 Å². The van der Waals surface area contributed by atoms with Crippen molar-refractivity contribution in [2.45, 2.75) is 40.2 Å². The number of anilines is 2. The van der Waals surface area contributed by atoms with Crippen molar-refractivity contribution in [2.75, 3.05) is 10.6 Å². The predicted octanol–water partition coefficient (Wildman–Crippen LogP) is 4.86. The predicted molar refractivity (Wildman–Crippen MR) is 127 cm³/mol. The molecule has 1 aromatic heterocycles. The Bertz CT molecular complexity index is 1150. The van der Waals surface area contributed by atoms with Gasteiger partial charge >= 0.3 is 0 Å². The van der Waals surface area contributed by atoms with E-state index in [0.29, 0.717) is 12.2 Å². The number of aromatic nitrogens is 2. The lowest BCUT2D eigenvalue weighted by Crippen LogP contribution is -2.13. The number of amides is 2. The van der Waals surface area contributed by atoms with E-state index >= 15 is 0 Å². The molecule has 0 unspecified atom stereocenters. The van der Waals surface area contributed by atoms with E-state index in [1.165, 1.54) is 17.2 Å². The highest BCUT2D eigenvalue weighted by molar-refractivity contribution is 6.02. The number of hydrogen-bond donors (Lipinski definition) is 2. The summed E-state index contributed by atoms with van der Waals surface area (Å²) in [6.45, 7) is 6.73. The summed E-state index contributed by atoms with van der Waals surface area (Å²) in [4.78, 5) is 24.2. The van der Waals surface area contributed by atoms with Crippen molar-refractivity contribution in [2.24, 2.45) is 5.92 Å². The molecule has 1 saturated carbocycles. The highest BCUT2D eigenvalue weighted by atomic mass is 16.2. The molecule has 0 spiro atoms. The Morgan fingerprint density at radius 2 is 1.59 bits per heavy atom. The van der Waals surface area contributed by atoms with Crippen LogP contribution in [0, 0.1) is 26.7 Å². The maximum atomic E-state index is 12.4. The number of benzene rings is 2. The molecule has 0 atom stereocenters. The zero-order chi connectivity index (χ0) is 22.7. The molecule has 4 rings (SSSR count). The van der Waals surface area contributed by atoms with Gasteiger partial charge in [0.15, 0.2) is 0 Å². The number of hydrogen-bond acceptors (Lipinski definition) is 3. The van der Waals surface area contributed by atoms with Crippen LogP contribution in [0.25, 0.3) is 6.08 Å². The molecule has 0 saturated heterocycles. The number of rotatable bonds is 7. The second kappa shape index (κ2) is 9.22. The molecule has 1 heterocycles. The molecule has 32 heavy (non-hydrogen) atoms. The summed E-state index contributed by atoms with van der Waals surface area (Å²) >= 11 is 0. The van der Waals surface area contributed by atoms with Gasteiger partial charge in [-0.1, -0.05) is 29.8 Å². The number of aryl methyl sites for hydroxylation is 2. The average molecular weight is 429 g/mol. The molecule has 0 aliphatic heterocycles. The third kappa shape index (κ3) is 5.32. The van der Waals surface area contributed by atoms with E-state index in [1.807, 2.05) is 24.6 Å². The van der Waals surface area contributed by atoms with Crippen molar-refractivity contribution in [1.29, 1.82) is 0 Å². The fourth-order valence-electron chi connectivity index (χ4n) is 3.54. The highest BCUT2D eigenvalue weighted by Gasteiger charge is 2.29. The lowest BCUT2D eigenvalue weighted by molar-refractivity contribution is -0.117. The van der Waals surface area contributed by atoms with Crippen LogP contribution in [0.1, 0.15) is 40.9 Å². The monoisotopic (exact) mass is 428 g/mol. The number of nitrogens with zero attached hydrogens (tertiary/aromatic N) is 2. The molecule has 1 aliphatic rings. The number of carbonyl (C=O) groups excluding carboxylic acids is 2. The van der Waals surface area contributed by atoms with Crippen molar-refractivity contribution < 1.29 is 9.59 Å². The van der Waals surface area contributed by atoms with Gasteiger partial charge in [-0.25, -0.2) is 0 Å². The van der Waals surface area contributed by atoms with Crippen molar-refractivity contribution in [3.05, 3.63) is 82.7 Å². The Kier molecular flexibility index (Phi) is 6.21. The molecule has 164 valence electrons. The smallest absolute Gasteiger partial charge is 0.248 e. The fourth-order valence-corrected chi connectivity index (χ4v) is 3.54. The van der Waals surface area contributed by atoms with E-state index in [2.05, 4.69) is 46.9 Å². The number of carbonyl (C=O) groups is 2. The Morgan fingerprint density at radius 1 is 0.969 bits per heavy atom. The lowest BCUT2D eigenvalue weighted by Gasteiger charge is -2.06. The van der Waals surface area contributed by atoms with Gasteiger partial charge in [-0.15, -0.1) is 0 Å². The Balaban J connectivity index is 1.37. The molecule has 2 aromatic carbocycles. The summed E-state index contributed by atoms with van der Waals surface area (Å²) in [6.07, 6.45) is 5.27.